The van der Waals surface area contributed by atoms with Gasteiger partial charge in [-0.1, -0.05) is 54.9 Å². The van der Waals surface area contributed by atoms with Crippen molar-refractivity contribution in [1.29, 1.82) is 0 Å². The maximum absolute atomic E-state index is 12.5. The van der Waals surface area contributed by atoms with Gasteiger partial charge < -0.3 is 0 Å². The van der Waals surface area contributed by atoms with Crippen LogP contribution in [0.2, 0.25) is 0 Å². The third kappa shape index (κ3) is 2.95. The first-order valence-electron chi connectivity index (χ1n) is 6.83. The molecule has 0 radical (unpaired) electrons. The van der Waals surface area contributed by atoms with E-state index in [9.17, 15) is 9.59 Å². The summed E-state index contributed by atoms with van der Waals surface area (Å²) in [7, 11) is 0. The van der Waals surface area contributed by atoms with Crippen molar-refractivity contribution in [1.82, 2.24) is 4.90 Å². The van der Waals surface area contributed by atoms with Crippen LogP contribution in [0.15, 0.2) is 24.3 Å². The molecular weight excluding hydrogens is 318 g/mol. The number of halogens is 1. The highest BCUT2D eigenvalue weighted by atomic mass is 79.9. The van der Waals surface area contributed by atoms with Crippen LogP contribution in [0.25, 0.3) is 0 Å². The maximum Gasteiger partial charge on any atom is 0.260 e. The van der Waals surface area contributed by atoms with Gasteiger partial charge >= 0.3 is 0 Å². The van der Waals surface area contributed by atoms with Gasteiger partial charge in [-0.25, -0.2) is 0 Å². The maximum atomic E-state index is 12.5. The quantitative estimate of drug-likeness (QED) is 0.627. The molecule has 0 aliphatic carbocycles. The summed E-state index contributed by atoms with van der Waals surface area (Å²) in [6.07, 6.45) is 0.320. The molecule has 0 N–H and O–H groups in total. The standard InChI is InChI=1S/C16H20BrNO2/c1-16(2,3)12(9-17)10-18-14(19)8-11-6-4-5-7-13(11)15(18)20/h4-7,12H,8-10H2,1-3H3. The lowest BCUT2D eigenvalue weighted by Crippen LogP contribution is -2.47. The van der Waals surface area contributed by atoms with Crippen LogP contribution in [0.4, 0.5) is 0 Å². The van der Waals surface area contributed by atoms with Crippen LogP contribution < -0.4 is 0 Å². The van der Waals surface area contributed by atoms with E-state index in [4.69, 9.17) is 0 Å². The third-order valence-corrected chi connectivity index (χ3v) is 4.73. The molecule has 0 spiro atoms. The number of alkyl halides is 1. The Labute approximate surface area is 128 Å². The number of rotatable bonds is 3. The number of imide groups is 1. The summed E-state index contributed by atoms with van der Waals surface area (Å²) in [6.45, 7) is 6.87. The Kier molecular flexibility index (Phi) is 4.33. The largest absolute Gasteiger partial charge is 0.278 e. The zero-order valence-electron chi connectivity index (χ0n) is 12.1. The van der Waals surface area contributed by atoms with Gasteiger partial charge in [0.05, 0.1) is 6.42 Å². The van der Waals surface area contributed by atoms with Crippen LogP contribution in [0.3, 0.4) is 0 Å². The molecule has 3 nitrogen and oxygen atoms in total. The molecule has 20 heavy (non-hydrogen) atoms. The Morgan fingerprint density at radius 3 is 2.50 bits per heavy atom. The fraction of sp³-hybridized carbons (Fsp3) is 0.500. The van der Waals surface area contributed by atoms with Crippen molar-refractivity contribution in [3.63, 3.8) is 0 Å². The highest BCUT2D eigenvalue weighted by Gasteiger charge is 2.34. The number of nitrogens with zero attached hydrogens (tertiary/aromatic N) is 1. The second-order valence-electron chi connectivity index (χ2n) is 6.36. The van der Waals surface area contributed by atoms with E-state index in [1.807, 2.05) is 18.2 Å². The van der Waals surface area contributed by atoms with Gasteiger partial charge in [0.2, 0.25) is 5.91 Å². The van der Waals surface area contributed by atoms with Crippen LogP contribution in [0.5, 0.6) is 0 Å². The number of amides is 2. The minimum atomic E-state index is -0.160. The number of benzene rings is 1. The van der Waals surface area contributed by atoms with Crippen molar-refractivity contribution >= 4 is 27.7 Å². The molecule has 1 aliphatic rings. The monoisotopic (exact) mass is 337 g/mol. The zero-order chi connectivity index (χ0) is 14.9. The third-order valence-electron chi connectivity index (χ3n) is 3.95. The molecule has 1 aliphatic heterocycles. The van der Waals surface area contributed by atoms with Crippen molar-refractivity contribution in [2.75, 3.05) is 11.9 Å². The highest BCUT2D eigenvalue weighted by Crippen LogP contribution is 2.30. The average molecular weight is 338 g/mol. The van der Waals surface area contributed by atoms with Gasteiger partial charge in [0.15, 0.2) is 0 Å². The van der Waals surface area contributed by atoms with E-state index in [2.05, 4.69) is 36.7 Å². The number of fused-ring (bicyclic) bond motifs is 1. The van der Waals surface area contributed by atoms with Gasteiger partial charge in [-0.05, 0) is 23.0 Å². The van der Waals surface area contributed by atoms with Crippen LogP contribution in [-0.4, -0.2) is 28.6 Å². The summed E-state index contributed by atoms with van der Waals surface area (Å²) >= 11 is 3.50. The van der Waals surface area contributed by atoms with Crippen LogP contribution in [-0.2, 0) is 11.2 Å². The Hall–Kier alpha value is -1.16. The molecule has 0 saturated carbocycles. The lowest BCUT2D eigenvalue weighted by molar-refractivity contribution is -0.129. The summed E-state index contributed by atoms with van der Waals surface area (Å²) in [5, 5.41) is 0.773. The molecule has 4 heteroatoms. The fourth-order valence-electron chi connectivity index (χ4n) is 2.36. The SMILES string of the molecule is CC(C)(C)C(CBr)CN1C(=O)Cc2ccccc2C1=O. The first kappa shape index (κ1) is 15.2. The van der Waals surface area contributed by atoms with E-state index < -0.39 is 0 Å². The summed E-state index contributed by atoms with van der Waals surface area (Å²) in [5.74, 6) is -0.0170. The van der Waals surface area contributed by atoms with Crippen molar-refractivity contribution in [2.24, 2.45) is 11.3 Å². The van der Waals surface area contributed by atoms with Crippen molar-refractivity contribution in [3.05, 3.63) is 35.4 Å². The van der Waals surface area contributed by atoms with Gasteiger partial charge in [0, 0.05) is 17.4 Å². The van der Waals surface area contributed by atoms with E-state index in [0.29, 0.717) is 18.5 Å². The Morgan fingerprint density at radius 2 is 1.90 bits per heavy atom. The zero-order valence-corrected chi connectivity index (χ0v) is 13.7. The van der Waals surface area contributed by atoms with Crippen molar-refractivity contribution in [2.45, 2.75) is 27.2 Å². The Balaban J connectivity index is 2.26. The first-order valence-corrected chi connectivity index (χ1v) is 7.95. The molecule has 2 amide bonds. The van der Waals surface area contributed by atoms with E-state index in [0.717, 1.165) is 10.9 Å². The van der Waals surface area contributed by atoms with Gasteiger partial charge in [-0.15, -0.1) is 0 Å². The lowest BCUT2D eigenvalue weighted by Gasteiger charge is -2.35. The first-order chi connectivity index (χ1) is 9.34. The van der Waals surface area contributed by atoms with E-state index in [1.165, 1.54) is 4.90 Å². The molecule has 1 atom stereocenters. The molecule has 108 valence electrons. The molecule has 1 unspecified atom stereocenters. The van der Waals surface area contributed by atoms with Gasteiger partial charge in [-0.2, -0.15) is 0 Å². The van der Waals surface area contributed by atoms with E-state index in [1.54, 1.807) is 6.07 Å². The summed E-state index contributed by atoms with van der Waals surface area (Å²) in [5.41, 5.74) is 1.54. The lowest BCUT2D eigenvalue weighted by atomic mass is 9.81. The van der Waals surface area contributed by atoms with Crippen LogP contribution in [0, 0.1) is 11.3 Å². The Morgan fingerprint density at radius 1 is 1.25 bits per heavy atom. The topological polar surface area (TPSA) is 37.4 Å². The molecule has 0 aromatic heterocycles. The van der Waals surface area contributed by atoms with Gasteiger partial charge in [-0.3, -0.25) is 14.5 Å². The molecular formula is C16H20BrNO2. The number of hydrogen-bond donors (Lipinski definition) is 0. The molecule has 2 rings (SSSR count). The second-order valence-corrected chi connectivity index (χ2v) is 7.01. The van der Waals surface area contributed by atoms with Gasteiger partial charge in [0.1, 0.15) is 0 Å². The predicted octanol–water partition coefficient (Wildman–Crippen LogP) is 3.27. The number of hydrogen-bond acceptors (Lipinski definition) is 2. The van der Waals surface area contributed by atoms with Crippen LogP contribution >= 0.6 is 15.9 Å². The Bertz CT molecular complexity index is 534. The van der Waals surface area contributed by atoms with Crippen molar-refractivity contribution < 1.29 is 9.59 Å². The predicted molar refractivity (Wildman–Crippen MR) is 82.9 cm³/mol. The molecule has 1 heterocycles. The second kappa shape index (κ2) is 5.68. The molecule has 0 saturated heterocycles. The molecule has 1 aromatic rings. The highest BCUT2D eigenvalue weighted by molar-refractivity contribution is 9.09. The van der Waals surface area contributed by atoms with Gasteiger partial charge in [0.25, 0.3) is 5.91 Å². The molecule has 0 bridgehead atoms. The number of carbonyl (C=O) groups excluding carboxylic acids is 2. The van der Waals surface area contributed by atoms with Crippen molar-refractivity contribution in [3.8, 4) is 0 Å². The normalized spacial score (nSPS) is 17.1. The smallest absolute Gasteiger partial charge is 0.260 e. The molecule has 1 aromatic carbocycles. The summed E-state index contributed by atoms with van der Waals surface area (Å²) in [4.78, 5) is 26.1. The van der Waals surface area contributed by atoms with Crippen LogP contribution in [0.1, 0.15) is 36.7 Å². The summed E-state index contributed by atoms with van der Waals surface area (Å²) in [6, 6.07) is 7.37. The minimum Gasteiger partial charge on any atom is -0.278 e. The number of carbonyl (C=O) groups is 2. The summed E-state index contributed by atoms with van der Waals surface area (Å²) < 4.78 is 0. The van der Waals surface area contributed by atoms with E-state index in [-0.39, 0.29) is 23.1 Å². The molecule has 0 fully saturated rings. The fourth-order valence-corrected chi connectivity index (χ4v) is 3.54. The minimum absolute atomic E-state index is 0.0427. The van der Waals surface area contributed by atoms with E-state index >= 15 is 0 Å². The average Bonchev–Trinajstić information content (AvgIpc) is 2.37.